The quantitative estimate of drug-likeness (QED) is 0.160. The van der Waals surface area contributed by atoms with Crippen LogP contribution in [0.3, 0.4) is 0 Å². The molecule has 0 radical (unpaired) electrons. The van der Waals surface area contributed by atoms with Crippen LogP contribution < -0.4 is 31.1 Å². The van der Waals surface area contributed by atoms with Crippen LogP contribution in [0.4, 0.5) is 51.2 Å². The molecule has 4 nitrogen and oxygen atoms in total. The zero-order chi connectivity index (χ0) is 57.5. The van der Waals surface area contributed by atoms with Gasteiger partial charge < -0.3 is 19.1 Å². The highest BCUT2D eigenvalue weighted by molar-refractivity contribution is 7.00. The van der Waals surface area contributed by atoms with Gasteiger partial charge in [0.05, 0.1) is 11.1 Å². The van der Waals surface area contributed by atoms with Crippen molar-refractivity contribution >= 4 is 96.2 Å². The summed E-state index contributed by atoms with van der Waals surface area (Å²) >= 11 is 0. The molecule has 4 aliphatic rings. The smallest absolute Gasteiger partial charge is 0.252 e. The second kappa shape index (κ2) is 17.4. The van der Waals surface area contributed by atoms with E-state index in [1.807, 2.05) is 0 Å². The molecule has 0 bridgehead atoms. The molecular weight excluding hydrogens is 994 g/mol. The van der Waals surface area contributed by atoms with E-state index < -0.39 is 0 Å². The molecule has 0 atom stereocenters. The molecule has 0 unspecified atom stereocenters. The average Bonchev–Trinajstić information content (AvgIpc) is 1.52. The topological polar surface area (TPSA) is 22.9 Å². The van der Waals surface area contributed by atoms with Crippen LogP contribution >= 0.6 is 0 Å². The molecule has 10 aromatic rings. The molecule has 2 aliphatic carbocycles. The van der Waals surface area contributed by atoms with Gasteiger partial charge in [0, 0.05) is 61.7 Å². The second-order valence-electron chi connectivity index (χ2n) is 29.1. The van der Waals surface area contributed by atoms with Crippen LogP contribution in [0, 0.1) is 13.8 Å². The Morgan fingerprint density at radius 2 is 0.927 bits per heavy atom. The zero-order valence-corrected chi connectivity index (χ0v) is 51.2. The predicted molar refractivity (Wildman–Crippen MR) is 351 cm³/mol. The Bertz CT molecular complexity index is 4250. The maximum atomic E-state index is 6.74. The van der Waals surface area contributed by atoms with Gasteiger partial charge in [-0.05, 0) is 199 Å². The Hall–Kier alpha value is -7.76. The van der Waals surface area contributed by atoms with Crippen LogP contribution in [-0.4, -0.2) is 6.71 Å². The van der Waals surface area contributed by atoms with Gasteiger partial charge in [-0.15, -0.1) is 0 Å². The highest BCUT2D eigenvalue weighted by atomic mass is 16.3. The summed E-state index contributed by atoms with van der Waals surface area (Å²) < 4.78 is 6.74. The van der Waals surface area contributed by atoms with Crippen molar-refractivity contribution in [3.8, 4) is 0 Å². The highest BCUT2D eigenvalue weighted by Gasteiger charge is 2.49. The first-order valence-corrected chi connectivity index (χ1v) is 30.0. The molecule has 0 amide bonds. The lowest BCUT2D eigenvalue weighted by molar-refractivity contribution is 0.403. The van der Waals surface area contributed by atoms with E-state index in [2.05, 4.69) is 295 Å². The van der Waals surface area contributed by atoms with Gasteiger partial charge in [-0.1, -0.05) is 182 Å². The van der Waals surface area contributed by atoms with E-state index in [4.69, 9.17) is 4.42 Å². The van der Waals surface area contributed by atoms with Crippen LogP contribution in [0.15, 0.2) is 174 Å². The first-order chi connectivity index (χ1) is 38.7. The number of aryl methyl sites for hydroxylation is 2. The van der Waals surface area contributed by atoms with Crippen LogP contribution in [-0.2, 0) is 32.5 Å². The van der Waals surface area contributed by atoms with Crippen LogP contribution in [0.25, 0.3) is 21.9 Å². The molecule has 5 heteroatoms. The Labute approximate surface area is 487 Å². The standard InChI is InChI=1S/C77H78BN3O/c1-46-38-66-71-67(39-46)81(64-43-57-56(40-47(64)2)74(9,10)45-75(57,11)12)65-44-59-58(76(13,14)54-23-18-19-24-55(54)77(59,15)16)42-61(65)78(71)60-41-52(36-37-62(60)80(66)63-25-21-27-69-70(63)53-22-17-20-26-68(53)82-69)79(50-32-28-48(29-33-50)72(3,4)5)51-34-30-49(31-35-51)73(6,7)8/h17-44H,45H2,1-16H3. The van der Waals surface area contributed by atoms with Crippen LogP contribution in [0.5, 0.6) is 0 Å². The number of fused-ring (bicyclic) bond motifs is 10. The summed E-state index contributed by atoms with van der Waals surface area (Å²) in [5.74, 6) is 0. The summed E-state index contributed by atoms with van der Waals surface area (Å²) in [4.78, 5) is 7.79. The third-order valence-electron chi connectivity index (χ3n) is 19.7. The third kappa shape index (κ3) is 7.63. The monoisotopic (exact) mass is 1070 g/mol. The van der Waals surface area contributed by atoms with Gasteiger partial charge in [0.2, 0.25) is 0 Å². The van der Waals surface area contributed by atoms with Gasteiger partial charge in [-0.25, -0.2) is 0 Å². The van der Waals surface area contributed by atoms with Crippen molar-refractivity contribution in [2.75, 3.05) is 14.7 Å². The van der Waals surface area contributed by atoms with Crippen molar-refractivity contribution in [1.82, 2.24) is 0 Å². The van der Waals surface area contributed by atoms with Crippen molar-refractivity contribution in [3.63, 3.8) is 0 Å². The minimum Gasteiger partial charge on any atom is -0.456 e. The molecule has 2 aliphatic heterocycles. The van der Waals surface area contributed by atoms with Gasteiger partial charge in [-0.3, -0.25) is 0 Å². The fraction of sp³-hybridized carbons (Fsp3) is 0.299. The van der Waals surface area contributed by atoms with Crippen molar-refractivity contribution in [2.24, 2.45) is 0 Å². The van der Waals surface area contributed by atoms with Crippen LogP contribution in [0.2, 0.25) is 0 Å². The fourth-order valence-corrected chi connectivity index (χ4v) is 15.7. The first-order valence-electron chi connectivity index (χ1n) is 30.0. The van der Waals surface area contributed by atoms with E-state index in [-0.39, 0.29) is 39.2 Å². The minimum absolute atomic E-state index is 0.00421. The van der Waals surface area contributed by atoms with Crippen molar-refractivity contribution in [2.45, 2.75) is 150 Å². The molecule has 3 heterocycles. The third-order valence-corrected chi connectivity index (χ3v) is 19.7. The summed E-state index contributed by atoms with van der Waals surface area (Å²) in [6, 6.07) is 65.8. The number of rotatable bonds is 5. The predicted octanol–water partition coefficient (Wildman–Crippen LogP) is 19.3. The molecule has 410 valence electrons. The van der Waals surface area contributed by atoms with Gasteiger partial charge >= 0.3 is 0 Å². The number of nitrogens with zero attached hydrogens (tertiary/aromatic N) is 3. The maximum Gasteiger partial charge on any atom is 0.252 e. The van der Waals surface area contributed by atoms with Gasteiger partial charge in [0.25, 0.3) is 6.71 Å². The van der Waals surface area contributed by atoms with Gasteiger partial charge in [0.1, 0.15) is 11.2 Å². The van der Waals surface area contributed by atoms with Gasteiger partial charge in [0.15, 0.2) is 0 Å². The first kappa shape index (κ1) is 52.3. The molecule has 14 rings (SSSR count). The van der Waals surface area contributed by atoms with E-state index in [0.717, 1.165) is 51.1 Å². The summed E-state index contributed by atoms with van der Waals surface area (Å²) in [7, 11) is 0. The SMILES string of the molecule is Cc1cc2c3c(c1)N(c1cccc4oc5ccccc5c14)c1ccc(N(c4ccc(C(C)(C)C)cc4)c4ccc(C(C)(C)C)cc4)cc1B3c1cc3c(cc1N2c1cc2c(cc1C)C(C)(C)CC2(C)C)C(C)(C)c1ccccc1C3(C)C. The number of para-hydroxylation sites is 1. The lowest BCUT2D eigenvalue weighted by Gasteiger charge is -2.48. The molecule has 0 saturated heterocycles. The van der Waals surface area contributed by atoms with E-state index in [0.29, 0.717) is 0 Å². The number of hydrogen-bond donors (Lipinski definition) is 0. The molecule has 0 N–H and O–H groups in total. The summed E-state index contributed by atoms with van der Waals surface area (Å²) in [5, 5.41) is 2.23. The minimum atomic E-state index is -0.268. The number of hydrogen-bond acceptors (Lipinski definition) is 4. The fourth-order valence-electron chi connectivity index (χ4n) is 15.7. The number of benzene rings is 9. The Morgan fingerprint density at radius 1 is 0.427 bits per heavy atom. The Balaban J connectivity index is 1.11. The lowest BCUT2D eigenvalue weighted by Crippen LogP contribution is -2.62. The average molecular weight is 1070 g/mol. The summed E-state index contributed by atoms with van der Waals surface area (Å²) in [5.41, 5.74) is 29.5. The molecule has 9 aromatic carbocycles. The van der Waals surface area contributed by atoms with Gasteiger partial charge in [-0.2, -0.15) is 0 Å². The van der Waals surface area contributed by atoms with E-state index in [1.54, 1.807) is 0 Å². The zero-order valence-electron chi connectivity index (χ0n) is 51.2. The largest absolute Gasteiger partial charge is 0.456 e. The van der Waals surface area contributed by atoms with E-state index in [9.17, 15) is 0 Å². The number of anilines is 9. The highest BCUT2D eigenvalue weighted by Crippen LogP contribution is 2.56. The second-order valence-corrected chi connectivity index (χ2v) is 29.1. The number of furan rings is 1. The molecule has 82 heavy (non-hydrogen) atoms. The Morgan fingerprint density at radius 3 is 1.52 bits per heavy atom. The van der Waals surface area contributed by atoms with E-state index >= 15 is 0 Å². The van der Waals surface area contributed by atoms with E-state index in [1.165, 1.54) is 100 Å². The molecule has 0 saturated carbocycles. The molecule has 1 aromatic heterocycles. The normalized spacial score (nSPS) is 16.8. The van der Waals surface area contributed by atoms with Crippen molar-refractivity contribution in [3.05, 3.63) is 225 Å². The lowest BCUT2D eigenvalue weighted by atomic mass is 9.33. The van der Waals surface area contributed by atoms with Crippen molar-refractivity contribution in [1.29, 1.82) is 0 Å². The van der Waals surface area contributed by atoms with Crippen molar-refractivity contribution < 1.29 is 4.42 Å². The maximum absolute atomic E-state index is 6.74. The van der Waals surface area contributed by atoms with Crippen LogP contribution in [0.1, 0.15) is 159 Å². The molecular formula is C77H78BN3O. The molecule has 0 spiro atoms. The Kier molecular flexibility index (Phi) is 11.1. The molecule has 0 fully saturated rings. The summed E-state index contributed by atoms with van der Waals surface area (Å²) in [6.45, 7) is 38.0. The summed E-state index contributed by atoms with van der Waals surface area (Å²) in [6.07, 6.45) is 1.10.